The molecule has 1 aromatic carbocycles. The molecule has 0 aliphatic heterocycles. The topological polar surface area (TPSA) is 71.8 Å². The Morgan fingerprint density at radius 2 is 2.08 bits per heavy atom. The first kappa shape index (κ1) is 15.3. The van der Waals surface area contributed by atoms with E-state index in [9.17, 15) is 4.79 Å². The van der Waals surface area contributed by atoms with Gasteiger partial charge in [0, 0.05) is 28.2 Å². The Morgan fingerprint density at radius 1 is 1.29 bits per heavy atom. The zero-order valence-corrected chi connectivity index (χ0v) is 15.0. The molecule has 0 radical (unpaired) electrons. The summed E-state index contributed by atoms with van der Waals surface area (Å²) in [6.07, 6.45) is 5.64. The van der Waals surface area contributed by atoms with Gasteiger partial charge < -0.3 is 0 Å². The van der Waals surface area contributed by atoms with E-state index in [0.717, 1.165) is 33.8 Å². The van der Waals surface area contributed by atoms with Crippen molar-refractivity contribution in [1.82, 2.24) is 20.2 Å². The fourth-order valence-electron chi connectivity index (χ4n) is 2.38. The van der Waals surface area contributed by atoms with Gasteiger partial charge in [-0.05, 0) is 37.1 Å². The number of amides is 1. The molecule has 122 valence electrons. The number of carbonyl (C=O) groups is 1. The van der Waals surface area contributed by atoms with Crippen molar-refractivity contribution in [2.45, 2.75) is 18.8 Å². The zero-order chi connectivity index (χ0) is 16.5. The second-order valence-corrected chi connectivity index (χ2v) is 7.34. The average molecular weight is 404 g/mol. The summed E-state index contributed by atoms with van der Waals surface area (Å²) < 4.78 is 2.67. The maximum Gasteiger partial charge on any atom is 0.273 e. The molecule has 2 heterocycles. The summed E-state index contributed by atoms with van der Waals surface area (Å²) in [4.78, 5) is 16.8. The Kier molecular flexibility index (Phi) is 4.07. The molecule has 1 saturated carbocycles. The summed E-state index contributed by atoms with van der Waals surface area (Å²) in [6, 6.07) is 7.57. The van der Waals surface area contributed by atoms with Crippen LogP contribution in [-0.2, 0) is 0 Å². The standard InChI is InChI=1S/C16H14BrN5OS/c17-11-3-5-12(6-4-11)19-20-15(23)13-9-22(16-18-7-8-24-16)21-14(13)10-1-2-10/h3-10,19H,1-2H2,(H,20,23). The van der Waals surface area contributed by atoms with Crippen LogP contribution in [0.2, 0.25) is 0 Å². The van der Waals surface area contributed by atoms with Crippen molar-refractivity contribution >= 4 is 38.9 Å². The van der Waals surface area contributed by atoms with E-state index in [1.165, 1.54) is 11.3 Å². The van der Waals surface area contributed by atoms with Crippen molar-refractivity contribution in [1.29, 1.82) is 0 Å². The quantitative estimate of drug-likeness (QED) is 0.636. The number of hydrogen-bond donors (Lipinski definition) is 2. The maximum absolute atomic E-state index is 12.6. The number of rotatable bonds is 5. The molecule has 8 heteroatoms. The first-order valence-electron chi connectivity index (χ1n) is 7.52. The number of nitrogens with one attached hydrogen (secondary N) is 2. The highest BCUT2D eigenvalue weighted by atomic mass is 79.9. The molecule has 1 aliphatic carbocycles. The van der Waals surface area contributed by atoms with Gasteiger partial charge in [-0.25, -0.2) is 9.67 Å². The van der Waals surface area contributed by atoms with Gasteiger partial charge in [0.15, 0.2) is 0 Å². The molecule has 1 aliphatic rings. The van der Waals surface area contributed by atoms with Crippen molar-refractivity contribution in [2.75, 3.05) is 5.43 Å². The molecule has 2 N–H and O–H groups in total. The second kappa shape index (κ2) is 6.37. The van der Waals surface area contributed by atoms with E-state index in [1.807, 2.05) is 29.6 Å². The lowest BCUT2D eigenvalue weighted by atomic mass is 10.2. The number of hydrazine groups is 1. The summed E-state index contributed by atoms with van der Waals surface area (Å²) >= 11 is 4.88. The normalized spacial score (nSPS) is 13.7. The van der Waals surface area contributed by atoms with Crippen LogP contribution >= 0.6 is 27.3 Å². The molecule has 4 rings (SSSR count). The van der Waals surface area contributed by atoms with Crippen LogP contribution < -0.4 is 10.9 Å². The molecule has 2 aromatic heterocycles. The number of thiazole rings is 1. The molecule has 3 aromatic rings. The average Bonchev–Trinajstić information content (AvgIpc) is 3.12. The molecule has 24 heavy (non-hydrogen) atoms. The van der Waals surface area contributed by atoms with Gasteiger partial charge in [-0.3, -0.25) is 15.6 Å². The van der Waals surface area contributed by atoms with Crippen LogP contribution in [0.1, 0.15) is 34.8 Å². The molecule has 1 amide bonds. The Labute approximate surface area is 151 Å². The predicted molar refractivity (Wildman–Crippen MR) is 96.4 cm³/mol. The van der Waals surface area contributed by atoms with Gasteiger partial charge in [-0.15, -0.1) is 11.3 Å². The summed E-state index contributed by atoms with van der Waals surface area (Å²) in [5, 5.41) is 7.22. The molecule has 0 atom stereocenters. The zero-order valence-electron chi connectivity index (χ0n) is 12.6. The van der Waals surface area contributed by atoms with Crippen LogP contribution in [0.15, 0.2) is 46.5 Å². The second-order valence-electron chi connectivity index (χ2n) is 5.55. The van der Waals surface area contributed by atoms with Gasteiger partial charge >= 0.3 is 0 Å². The molecule has 6 nitrogen and oxygen atoms in total. The number of anilines is 1. The highest BCUT2D eigenvalue weighted by Gasteiger charge is 2.32. The van der Waals surface area contributed by atoms with E-state index in [-0.39, 0.29) is 5.91 Å². The van der Waals surface area contributed by atoms with Crippen molar-refractivity contribution in [3.05, 3.63) is 57.8 Å². The number of nitrogens with zero attached hydrogens (tertiary/aromatic N) is 3. The number of benzene rings is 1. The molecule has 0 bridgehead atoms. The Hall–Kier alpha value is -2.19. The van der Waals surface area contributed by atoms with Crippen LogP contribution in [0.3, 0.4) is 0 Å². The van der Waals surface area contributed by atoms with Gasteiger partial charge in [0.1, 0.15) is 0 Å². The first-order chi connectivity index (χ1) is 11.7. The monoisotopic (exact) mass is 403 g/mol. The highest BCUT2D eigenvalue weighted by molar-refractivity contribution is 9.10. The molecular weight excluding hydrogens is 390 g/mol. The van der Waals surface area contributed by atoms with E-state index in [0.29, 0.717) is 11.5 Å². The van der Waals surface area contributed by atoms with E-state index >= 15 is 0 Å². The SMILES string of the molecule is O=C(NNc1ccc(Br)cc1)c1cn(-c2nccs2)nc1C1CC1. The van der Waals surface area contributed by atoms with E-state index < -0.39 is 0 Å². The minimum atomic E-state index is -0.192. The number of carbonyl (C=O) groups excluding carboxylic acids is 1. The Bertz CT molecular complexity index is 855. The van der Waals surface area contributed by atoms with Crippen LogP contribution in [0.4, 0.5) is 5.69 Å². The van der Waals surface area contributed by atoms with Crippen molar-refractivity contribution in [3.8, 4) is 5.13 Å². The van der Waals surface area contributed by atoms with E-state index in [4.69, 9.17) is 0 Å². The van der Waals surface area contributed by atoms with Crippen LogP contribution in [0, 0.1) is 0 Å². The largest absolute Gasteiger partial charge is 0.298 e. The highest BCUT2D eigenvalue weighted by Crippen LogP contribution is 2.41. The third-order valence-electron chi connectivity index (χ3n) is 3.73. The summed E-state index contributed by atoms with van der Waals surface area (Å²) in [5.74, 6) is 0.183. The Morgan fingerprint density at radius 3 is 2.75 bits per heavy atom. The molecule has 1 fully saturated rings. The van der Waals surface area contributed by atoms with Crippen LogP contribution in [0.25, 0.3) is 5.13 Å². The van der Waals surface area contributed by atoms with Crippen LogP contribution in [0.5, 0.6) is 0 Å². The number of halogens is 1. The lowest BCUT2D eigenvalue weighted by molar-refractivity contribution is 0.0961. The summed E-state index contributed by atoms with van der Waals surface area (Å²) in [5.41, 5.74) is 7.93. The van der Waals surface area contributed by atoms with Gasteiger partial charge in [0.25, 0.3) is 5.91 Å². The molecular formula is C16H14BrN5OS. The van der Waals surface area contributed by atoms with Gasteiger partial charge in [-0.2, -0.15) is 5.10 Å². The minimum Gasteiger partial charge on any atom is -0.298 e. The maximum atomic E-state index is 12.6. The van der Waals surface area contributed by atoms with Gasteiger partial charge in [0.2, 0.25) is 5.13 Å². The van der Waals surface area contributed by atoms with Crippen LogP contribution in [-0.4, -0.2) is 20.7 Å². The van der Waals surface area contributed by atoms with Crippen molar-refractivity contribution in [3.63, 3.8) is 0 Å². The lowest BCUT2D eigenvalue weighted by Gasteiger charge is -2.08. The van der Waals surface area contributed by atoms with Crippen molar-refractivity contribution < 1.29 is 4.79 Å². The first-order valence-corrected chi connectivity index (χ1v) is 9.19. The lowest BCUT2D eigenvalue weighted by Crippen LogP contribution is -2.29. The van der Waals surface area contributed by atoms with E-state index in [2.05, 4.69) is 36.9 Å². The Balaban J connectivity index is 1.53. The molecule has 0 saturated heterocycles. The van der Waals surface area contributed by atoms with Crippen molar-refractivity contribution in [2.24, 2.45) is 0 Å². The third kappa shape index (κ3) is 3.20. The van der Waals surface area contributed by atoms with Gasteiger partial charge in [0.05, 0.1) is 16.9 Å². The van der Waals surface area contributed by atoms with Gasteiger partial charge in [-0.1, -0.05) is 15.9 Å². The smallest absolute Gasteiger partial charge is 0.273 e. The fraction of sp³-hybridized carbons (Fsp3) is 0.188. The molecule has 0 spiro atoms. The minimum absolute atomic E-state index is 0.192. The van der Waals surface area contributed by atoms with E-state index in [1.54, 1.807) is 17.1 Å². The fourth-order valence-corrected chi connectivity index (χ4v) is 3.21. The number of aromatic nitrogens is 3. The predicted octanol–water partition coefficient (Wildman–Crippen LogP) is 3.73. The third-order valence-corrected chi connectivity index (χ3v) is 5.02. The summed E-state index contributed by atoms with van der Waals surface area (Å²) in [6.45, 7) is 0. The number of hydrogen-bond acceptors (Lipinski definition) is 5. The summed E-state index contributed by atoms with van der Waals surface area (Å²) in [7, 11) is 0. The molecule has 0 unspecified atom stereocenters.